The SMILES string of the molecule is CC(C)C1CC2C3CC(C(C)C)CC3C3(OCCO3)C2C1. The highest BCUT2D eigenvalue weighted by molar-refractivity contribution is 5.11. The van der Waals surface area contributed by atoms with Gasteiger partial charge < -0.3 is 9.47 Å². The lowest BCUT2D eigenvalue weighted by atomic mass is 9.85. The van der Waals surface area contributed by atoms with E-state index in [0.717, 1.165) is 48.7 Å². The molecule has 21 heavy (non-hydrogen) atoms. The molecule has 1 aliphatic heterocycles. The van der Waals surface area contributed by atoms with Gasteiger partial charge in [0.1, 0.15) is 0 Å². The summed E-state index contributed by atoms with van der Waals surface area (Å²) in [5.74, 6) is 6.37. The second kappa shape index (κ2) is 4.96. The van der Waals surface area contributed by atoms with Crippen LogP contribution in [0, 0.1) is 47.3 Å². The average Bonchev–Trinajstić information content (AvgIpc) is 3.17. The Morgan fingerprint density at radius 1 is 0.714 bits per heavy atom. The summed E-state index contributed by atoms with van der Waals surface area (Å²) in [5.41, 5.74) is 0. The van der Waals surface area contributed by atoms with E-state index in [1.165, 1.54) is 25.7 Å². The molecule has 1 heterocycles. The maximum Gasteiger partial charge on any atom is 0.174 e. The highest BCUT2D eigenvalue weighted by Crippen LogP contribution is 2.67. The van der Waals surface area contributed by atoms with Gasteiger partial charge in [-0.3, -0.25) is 0 Å². The van der Waals surface area contributed by atoms with Gasteiger partial charge in [-0.1, -0.05) is 27.7 Å². The van der Waals surface area contributed by atoms with Crippen LogP contribution in [-0.4, -0.2) is 19.0 Å². The van der Waals surface area contributed by atoms with E-state index in [1.807, 2.05) is 0 Å². The standard InChI is InChI=1S/C19H32O2/c1-11(2)13-7-15-16-8-14(12(3)4)10-18(16)19(17(15)9-13)20-5-6-21-19/h11-18H,5-10H2,1-4H3. The third-order valence-corrected chi connectivity index (χ3v) is 7.50. The van der Waals surface area contributed by atoms with Gasteiger partial charge in [0.05, 0.1) is 13.2 Å². The van der Waals surface area contributed by atoms with Gasteiger partial charge in [-0.05, 0) is 61.2 Å². The molecule has 1 saturated heterocycles. The number of ether oxygens (including phenoxy) is 2. The molecule has 3 saturated carbocycles. The monoisotopic (exact) mass is 292 g/mol. The summed E-state index contributed by atoms with van der Waals surface area (Å²) in [5, 5.41) is 0. The first kappa shape index (κ1) is 14.5. The third kappa shape index (κ3) is 1.97. The van der Waals surface area contributed by atoms with Gasteiger partial charge in [0, 0.05) is 11.8 Å². The van der Waals surface area contributed by atoms with Crippen molar-refractivity contribution < 1.29 is 9.47 Å². The van der Waals surface area contributed by atoms with Crippen LogP contribution in [0.3, 0.4) is 0 Å². The topological polar surface area (TPSA) is 18.5 Å². The first-order valence-corrected chi connectivity index (χ1v) is 9.31. The zero-order chi connectivity index (χ0) is 14.8. The van der Waals surface area contributed by atoms with Crippen LogP contribution in [0.15, 0.2) is 0 Å². The predicted molar refractivity (Wildman–Crippen MR) is 83.7 cm³/mol. The predicted octanol–water partition coefficient (Wildman–Crippen LogP) is 4.34. The van der Waals surface area contributed by atoms with E-state index in [0.29, 0.717) is 11.8 Å². The normalized spacial score (nSPS) is 47.7. The molecule has 4 fully saturated rings. The number of hydrogen-bond acceptors (Lipinski definition) is 2. The van der Waals surface area contributed by atoms with Gasteiger partial charge in [-0.15, -0.1) is 0 Å². The molecule has 0 amide bonds. The summed E-state index contributed by atoms with van der Waals surface area (Å²) in [7, 11) is 0. The van der Waals surface area contributed by atoms with Crippen LogP contribution in [-0.2, 0) is 9.47 Å². The molecule has 6 unspecified atom stereocenters. The molecule has 0 bridgehead atoms. The van der Waals surface area contributed by atoms with Gasteiger partial charge in [0.25, 0.3) is 0 Å². The Balaban J connectivity index is 1.63. The summed E-state index contributed by atoms with van der Waals surface area (Å²) in [4.78, 5) is 0. The van der Waals surface area contributed by atoms with Crippen LogP contribution in [0.1, 0.15) is 53.4 Å². The van der Waals surface area contributed by atoms with Crippen molar-refractivity contribution in [2.75, 3.05) is 13.2 Å². The minimum Gasteiger partial charge on any atom is -0.347 e. The minimum atomic E-state index is -0.178. The molecule has 2 heteroatoms. The van der Waals surface area contributed by atoms with Gasteiger partial charge in [-0.2, -0.15) is 0 Å². The lowest BCUT2D eigenvalue weighted by Crippen LogP contribution is -2.42. The Morgan fingerprint density at radius 3 is 1.52 bits per heavy atom. The van der Waals surface area contributed by atoms with Crippen LogP contribution >= 0.6 is 0 Å². The van der Waals surface area contributed by atoms with Crippen LogP contribution in [0.2, 0.25) is 0 Å². The molecule has 4 rings (SSSR count). The van der Waals surface area contributed by atoms with Crippen molar-refractivity contribution in [3.8, 4) is 0 Å². The molecule has 4 aliphatic rings. The first-order chi connectivity index (χ1) is 10.0. The van der Waals surface area contributed by atoms with Crippen LogP contribution < -0.4 is 0 Å². The Bertz CT molecular complexity index is 364. The van der Waals surface area contributed by atoms with E-state index in [2.05, 4.69) is 27.7 Å². The van der Waals surface area contributed by atoms with E-state index in [9.17, 15) is 0 Å². The maximum absolute atomic E-state index is 6.36. The fourth-order valence-electron chi connectivity index (χ4n) is 6.33. The molecule has 0 aromatic carbocycles. The van der Waals surface area contributed by atoms with Crippen molar-refractivity contribution in [2.45, 2.75) is 59.2 Å². The van der Waals surface area contributed by atoms with Crippen LogP contribution in [0.25, 0.3) is 0 Å². The van der Waals surface area contributed by atoms with Crippen LogP contribution in [0.5, 0.6) is 0 Å². The van der Waals surface area contributed by atoms with E-state index >= 15 is 0 Å². The molecule has 120 valence electrons. The number of rotatable bonds is 2. The molecule has 3 aliphatic carbocycles. The molecule has 0 N–H and O–H groups in total. The summed E-state index contributed by atoms with van der Waals surface area (Å²) in [6, 6.07) is 0. The molecular formula is C19H32O2. The highest BCUT2D eigenvalue weighted by Gasteiger charge is 2.67. The van der Waals surface area contributed by atoms with Gasteiger partial charge in [0.2, 0.25) is 0 Å². The fourth-order valence-corrected chi connectivity index (χ4v) is 6.33. The Kier molecular flexibility index (Phi) is 3.43. The first-order valence-electron chi connectivity index (χ1n) is 9.31. The quantitative estimate of drug-likeness (QED) is 0.754. The summed E-state index contributed by atoms with van der Waals surface area (Å²) >= 11 is 0. The molecule has 2 nitrogen and oxygen atoms in total. The van der Waals surface area contributed by atoms with E-state index in [1.54, 1.807) is 0 Å². The summed E-state index contributed by atoms with van der Waals surface area (Å²) < 4.78 is 12.7. The second-order valence-corrected chi connectivity index (χ2v) is 8.91. The van der Waals surface area contributed by atoms with Gasteiger partial charge in [-0.25, -0.2) is 0 Å². The highest BCUT2D eigenvalue weighted by atomic mass is 16.7. The van der Waals surface area contributed by atoms with Crippen molar-refractivity contribution in [1.29, 1.82) is 0 Å². The minimum absolute atomic E-state index is 0.178. The third-order valence-electron chi connectivity index (χ3n) is 7.50. The molecular weight excluding hydrogens is 260 g/mol. The zero-order valence-electron chi connectivity index (χ0n) is 14.2. The molecule has 1 spiro atoms. The molecule has 0 radical (unpaired) electrons. The molecule has 0 aromatic heterocycles. The van der Waals surface area contributed by atoms with E-state index < -0.39 is 0 Å². The largest absolute Gasteiger partial charge is 0.347 e. The van der Waals surface area contributed by atoms with Crippen molar-refractivity contribution in [3.63, 3.8) is 0 Å². The smallest absolute Gasteiger partial charge is 0.174 e. The van der Waals surface area contributed by atoms with Crippen molar-refractivity contribution in [1.82, 2.24) is 0 Å². The molecule has 0 aromatic rings. The Hall–Kier alpha value is -0.0800. The zero-order valence-corrected chi connectivity index (χ0v) is 14.2. The molecule has 6 atom stereocenters. The lowest BCUT2D eigenvalue weighted by Gasteiger charge is -2.35. The van der Waals surface area contributed by atoms with E-state index in [4.69, 9.17) is 9.47 Å². The number of hydrogen-bond donors (Lipinski definition) is 0. The van der Waals surface area contributed by atoms with Crippen LogP contribution in [0.4, 0.5) is 0 Å². The average molecular weight is 292 g/mol. The van der Waals surface area contributed by atoms with Crippen molar-refractivity contribution >= 4 is 0 Å². The fraction of sp³-hybridized carbons (Fsp3) is 1.00. The van der Waals surface area contributed by atoms with Crippen molar-refractivity contribution in [3.05, 3.63) is 0 Å². The Labute approximate surface area is 130 Å². The summed E-state index contributed by atoms with van der Waals surface area (Å²) in [6.07, 6.45) is 5.56. The van der Waals surface area contributed by atoms with Gasteiger partial charge in [0.15, 0.2) is 5.79 Å². The number of fused-ring (bicyclic) bond motifs is 5. The maximum atomic E-state index is 6.36. The van der Waals surface area contributed by atoms with Crippen molar-refractivity contribution in [2.24, 2.45) is 47.3 Å². The van der Waals surface area contributed by atoms with Gasteiger partial charge >= 0.3 is 0 Å². The van der Waals surface area contributed by atoms with E-state index in [-0.39, 0.29) is 5.79 Å². The second-order valence-electron chi connectivity index (χ2n) is 8.91. The summed E-state index contributed by atoms with van der Waals surface area (Å²) in [6.45, 7) is 11.3. The lowest BCUT2D eigenvalue weighted by molar-refractivity contribution is -0.214. The Morgan fingerprint density at radius 2 is 1.14 bits per heavy atom.